The predicted octanol–water partition coefficient (Wildman–Crippen LogP) is 1.20. The normalized spacial score (nSPS) is 22.3. The highest BCUT2D eigenvalue weighted by Gasteiger charge is 2.28. The van der Waals surface area contributed by atoms with Crippen LogP contribution in [0.5, 0.6) is 0 Å². The van der Waals surface area contributed by atoms with E-state index in [0.29, 0.717) is 25.0 Å². The van der Waals surface area contributed by atoms with Crippen LogP contribution < -0.4 is 16.0 Å². The second kappa shape index (κ2) is 13.6. The van der Waals surface area contributed by atoms with Gasteiger partial charge in [-0.15, -0.1) is 24.0 Å². The number of sulfone groups is 1. The Balaban J connectivity index is 0.00000392. The SMILES string of the molecule is CN=C(NCCCOC1CCCCC1)NCCC(=O)NC1CCS(=O)(=O)C1.I. The van der Waals surface area contributed by atoms with Crippen molar-refractivity contribution in [3.05, 3.63) is 0 Å². The van der Waals surface area contributed by atoms with Crippen molar-refractivity contribution < 1.29 is 17.9 Å². The molecule has 1 saturated heterocycles. The first kappa shape index (κ1) is 25.4. The van der Waals surface area contributed by atoms with Crippen LogP contribution in [0, 0.1) is 0 Å². The predicted molar refractivity (Wildman–Crippen MR) is 122 cm³/mol. The van der Waals surface area contributed by atoms with Gasteiger partial charge in [-0.25, -0.2) is 8.42 Å². The van der Waals surface area contributed by atoms with E-state index in [1.807, 2.05) is 0 Å². The zero-order valence-corrected chi connectivity index (χ0v) is 19.9. The third-order valence-electron chi connectivity index (χ3n) is 4.98. The molecule has 10 heteroatoms. The molecule has 0 aromatic heterocycles. The summed E-state index contributed by atoms with van der Waals surface area (Å²) in [6, 6.07) is -0.246. The molecule has 1 aliphatic heterocycles. The van der Waals surface area contributed by atoms with Gasteiger partial charge < -0.3 is 20.7 Å². The fourth-order valence-electron chi connectivity index (χ4n) is 3.48. The van der Waals surface area contributed by atoms with Crippen LogP contribution in [0.25, 0.3) is 0 Å². The van der Waals surface area contributed by atoms with Crippen molar-refractivity contribution >= 4 is 45.7 Å². The molecule has 2 aliphatic rings. The molecule has 1 aliphatic carbocycles. The molecule has 164 valence electrons. The second-order valence-electron chi connectivity index (χ2n) is 7.33. The fourth-order valence-corrected chi connectivity index (χ4v) is 5.16. The molecule has 0 aromatic carbocycles. The largest absolute Gasteiger partial charge is 0.378 e. The Hall–Kier alpha value is -0.620. The number of carbonyl (C=O) groups is 1. The first-order chi connectivity index (χ1) is 13.0. The van der Waals surface area contributed by atoms with Crippen molar-refractivity contribution in [1.29, 1.82) is 0 Å². The summed E-state index contributed by atoms with van der Waals surface area (Å²) in [5, 5.41) is 9.10. The van der Waals surface area contributed by atoms with Gasteiger partial charge in [0.2, 0.25) is 5.91 Å². The van der Waals surface area contributed by atoms with E-state index in [-0.39, 0.29) is 53.9 Å². The van der Waals surface area contributed by atoms with Crippen LogP contribution in [0.2, 0.25) is 0 Å². The summed E-state index contributed by atoms with van der Waals surface area (Å²) in [5.41, 5.74) is 0. The maximum atomic E-state index is 11.9. The summed E-state index contributed by atoms with van der Waals surface area (Å²) in [7, 11) is -1.28. The molecule has 1 saturated carbocycles. The molecule has 2 fully saturated rings. The van der Waals surface area contributed by atoms with Crippen LogP contribution in [0.3, 0.4) is 0 Å². The van der Waals surface area contributed by atoms with E-state index in [0.717, 1.165) is 19.6 Å². The lowest BCUT2D eigenvalue weighted by atomic mass is 9.98. The second-order valence-corrected chi connectivity index (χ2v) is 9.56. The van der Waals surface area contributed by atoms with E-state index >= 15 is 0 Å². The van der Waals surface area contributed by atoms with Crippen LogP contribution in [0.15, 0.2) is 4.99 Å². The van der Waals surface area contributed by atoms with Crippen molar-refractivity contribution in [1.82, 2.24) is 16.0 Å². The minimum absolute atomic E-state index is 0. The molecule has 3 N–H and O–H groups in total. The van der Waals surface area contributed by atoms with Gasteiger partial charge in [0.1, 0.15) is 0 Å². The molecule has 1 heterocycles. The van der Waals surface area contributed by atoms with Gasteiger partial charge in [-0.3, -0.25) is 9.79 Å². The highest BCUT2D eigenvalue weighted by molar-refractivity contribution is 14.0. The minimum atomic E-state index is -2.97. The van der Waals surface area contributed by atoms with Crippen molar-refractivity contribution in [3.8, 4) is 0 Å². The third-order valence-corrected chi connectivity index (χ3v) is 6.75. The van der Waals surface area contributed by atoms with Crippen molar-refractivity contribution in [3.63, 3.8) is 0 Å². The Bertz CT molecular complexity index is 594. The number of amides is 1. The summed E-state index contributed by atoms with van der Waals surface area (Å²) in [6.07, 6.45) is 8.40. The van der Waals surface area contributed by atoms with Gasteiger partial charge in [0.05, 0.1) is 17.6 Å². The summed E-state index contributed by atoms with van der Waals surface area (Å²) in [4.78, 5) is 16.0. The highest BCUT2D eigenvalue weighted by atomic mass is 127. The number of ether oxygens (including phenoxy) is 1. The van der Waals surface area contributed by atoms with Crippen molar-refractivity contribution in [2.45, 2.75) is 63.5 Å². The first-order valence-electron chi connectivity index (χ1n) is 10.0. The number of nitrogens with zero attached hydrogens (tertiary/aromatic N) is 1. The summed E-state index contributed by atoms with van der Waals surface area (Å²) >= 11 is 0. The number of rotatable bonds is 9. The molecule has 8 nitrogen and oxygen atoms in total. The summed E-state index contributed by atoms with van der Waals surface area (Å²) in [6.45, 7) is 1.96. The topological polar surface area (TPSA) is 109 Å². The Morgan fingerprint density at radius 2 is 1.82 bits per heavy atom. The Morgan fingerprint density at radius 3 is 2.46 bits per heavy atom. The van der Waals surface area contributed by atoms with Crippen LogP contribution in [0.4, 0.5) is 0 Å². The zero-order valence-electron chi connectivity index (χ0n) is 16.7. The lowest BCUT2D eigenvalue weighted by Crippen LogP contribution is -2.41. The van der Waals surface area contributed by atoms with Gasteiger partial charge in [-0.2, -0.15) is 0 Å². The van der Waals surface area contributed by atoms with Gasteiger partial charge in [0.15, 0.2) is 15.8 Å². The van der Waals surface area contributed by atoms with E-state index in [2.05, 4.69) is 20.9 Å². The molecular weight excluding hydrogens is 495 g/mol. The van der Waals surface area contributed by atoms with Crippen LogP contribution in [0.1, 0.15) is 51.4 Å². The average Bonchev–Trinajstić information content (AvgIpc) is 2.99. The van der Waals surface area contributed by atoms with Gasteiger partial charge in [0, 0.05) is 39.2 Å². The van der Waals surface area contributed by atoms with Crippen molar-refractivity contribution in [2.24, 2.45) is 4.99 Å². The minimum Gasteiger partial charge on any atom is -0.378 e. The lowest BCUT2D eigenvalue weighted by molar-refractivity contribution is -0.121. The number of nitrogens with one attached hydrogen (secondary N) is 3. The average molecular weight is 530 g/mol. The van der Waals surface area contributed by atoms with E-state index in [1.165, 1.54) is 32.1 Å². The van der Waals surface area contributed by atoms with Crippen LogP contribution >= 0.6 is 24.0 Å². The van der Waals surface area contributed by atoms with E-state index in [4.69, 9.17) is 4.74 Å². The zero-order chi connectivity index (χ0) is 19.5. The number of hydrogen-bond donors (Lipinski definition) is 3. The molecular formula is C18H35IN4O4S. The molecule has 0 spiro atoms. The molecule has 2 rings (SSSR count). The number of aliphatic imine (C=N–C) groups is 1. The fraction of sp³-hybridized carbons (Fsp3) is 0.889. The third kappa shape index (κ3) is 10.2. The molecule has 28 heavy (non-hydrogen) atoms. The van der Waals surface area contributed by atoms with Crippen molar-refractivity contribution in [2.75, 3.05) is 38.2 Å². The lowest BCUT2D eigenvalue weighted by Gasteiger charge is -2.22. The van der Waals surface area contributed by atoms with E-state index in [9.17, 15) is 13.2 Å². The van der Waals surface area contributed by atoms with E-state index in [1.54, 1.807) is 7.05 Å². The Labute approximate surface area is 186 Å². The highest BCUT2D eigenvalue weighted by Crippen LogP contribution is 2.20. The van der Waals surface area contributed by atoms with Gasteiger partial charge in [-0.05, 0) is 25.7 Å². The van der Waals surface area contributed by atoms with Crippen LogP contribution in [-0.4, -0.2) is 70.7 Å². The Kier molecular flexibility index (Phi) is 12.3. The number of carbonyl (C=O) groups excluding carboxylic acids is 1. The standard InChI is InChI=1S/C18H34N4O4S.HI/c1-19-18(20-10-5-12-26-16-6-3-2-4-7-16)21-11-8-17(23)22-15-9-13-27(24,25)14-15;/h15-16H,2-14H2,1H3,(H,22,23)(H2,19,20,21);1H. The maximum Gasteiger partial charge on any atom is 0.222 e. The first-order valence-corrected chi connectivity index (χ1v) is 11.9. The van der Waals surface area contributed by atoms with Gasteiger partial charge in [0.25, 0.3) is 0 Å². The number of halogens is 1. The number of guanidine groups is 1. The van der Waals surface area contributed by atoms with Crippen LogP contribution in [-0.2, 0) is 19.4 Å². The quantitative estimate of drug-likeness (QED) is 0.179. The molecule has 1 unspecified atom stereocenters. The van der Waals surface area contributed by atoms with Gasteiger partial charge in [-0.1, -0.05) is 19.3 Å². The molecule has 0 aromatic rings. The Morgan fingerprint density at radius 1 is 1.11 bits per heavy atom. The number of hydrogen-bond acceptors (Lipinski definition) is 5. The molecule has 0 radical (unpaired) electrons. The molecule has 1 amide bonds. The van der Waals surface area contributed by atoms with E-state index < -0.39 is 9.84 Å². The smallest absolute Gasteiger partial charge is 0.222 e. The maximum absolute atomic E-state index is 11.9. The van der Waals surface area contributed by atoms with Gasteiger partial charge >= 0.3 is 0 Å². The molecule has 0 bridgehead atoms. The molecule has 1 atom stereocenters. The summed E-state index contributed by atoms with van der Waals surface area (Å²) < 4.78 is 28.7. The monoisotopic (exact) mass is 530 g/mol. The summed E-state index contributed by atoms with van der Waals surface area (Å²) in [5.74, 6) is 0.736.